The number of rotatable bonds is 8. The van der Waals surface area contributed by atoms with Gasteiger partial charge in [-0.1, -0.05) is 12.1 Å². The van der Waals surface area contributed by atoms with E-state index in [0.29, 0.717) is 18.5 Å². The van der Waals surface area contributed by atoms with E-state index in [1.165, 1.54) is 0 Å². The second-order valence-corrected chi connectivity index (χ2v) is 10.1. The monoisotopic (exact) mass is 418 g/mol. The van der Waals surface area contributed by atoms with E-state index in [2.05, 4.69) is 20.2 Å². The fourth-order valence-corrected chi connectivity index (χ4v) is 4.33. The van der Waals surface area contributed by atoms with Crippen LogP contribution in [0, 0.1) is 5.92 Å². The van der Waals surface area contributed by atoms with Crippen molar-refractivity contribution in [3.8, 4) is 17.0 Å². The van der Waals surface area contributed by atoms with Crippen LogP contribution in [0.25, 0.3) is 11.3 Å². The van der Waals surface area contributed by atoms with Gasteiger partial charge in [0.05, 0.1) is 18.1 Å². The van der Waals surface area contributed by atoms with Gasteiger partial charge in [-0.05, 0) is 69.7 Å². The van der Waals surface area contributed by atoms with Crippen LogP contribution in [0.1, 0.15) is 39.5 Å². The highest BCUT2D eigenvalue weighted by Gasteiger charge is 2.24. The first kappa shape index (κ1) is 21.5. The fourth-order valence-electron chi connectivity index (χ4n) is 3.53. The summed E-state index contributed by atoms with van der Waals surface area (Å²) in [5.41, 5.74) is 1.69. The quantitative estimate of drug-likeness (QED) is 0.682. The maximum absolute atomic E-state index is 11.9. The Balaban J connectivity index is 1.51. The number of sulfonamides is 1. The van der Waals surface area contributed by atoms with Crippen LogP contribution in [0.2, 0.25) is 0 Å². The van der Waals surface area contributed by atoms with E-state index in [0.717, 1.165) is 48.5 Å². The van der Waals surface area contributed by atoms with E-state index in [4.69, 9.17) is 4.74 Å². The van der Waals surface area contributed by atoms with Gasteiger partial charge < -0.3 is 10.1 Å². The minimum atomic E-state index is -3.18. The average Bonchev–Trinajstić information content (AvgIpc) is 2.74. The Morgan fingerprint density at radius 1 is 1.07 bits per heavy atom. The molecule has 3 rings (SSSR count). The van der Waals surface area contributed by atoms with Crippen LogP contribution in [0.4, 0.5) is 5.82 Å². The van der Waals surface area contributed by atoms with Crippen molar-refractivity contribution in [1.29, 1.82) is 0 Å². The summed E-state index contributed by atoms with van der Waals surface area (Å²) < 4.78 is 31.9. The fraction of sp³-hybridized carbons (Fsp3) is 0.524. The highest BCUT2D eigenvalue weighted by atomic mass is 32.2. The zero-order valence-electron chi connectivity index (χ0n) is 17.3. The zero-order chi connectivity index (χ0) is 20.9. The highest BCUT2D eigenvalue weighted by Crippen LogP contribution is 2.29. The van der Waals surface area contributed by atoms with E-state index in [1.807, 2.05) is 36.4 Å². The van der Waals surface area contributed by atoms with Gasteiger partial charge in [-0.3, -0.25) is 0 Å². The molecule has 2 N–H and O–H groups in total. The SMILES string of the molecule is COc1ccccc1-c1ccc(N[C@H]2CC[C@H](CNS(=O)(=O)C(C)C)CC2)nn1. The largest absolute Gasteiger partial charge is 0.496 e. The molecule has 158 valence electrons. The number of anilines is 1. The number of hydrogen-bond donors (Lipinski definition) is 2. The smallest absolute Gasteiger partial charge is 0.213 e. The van der Waals surface area contributed by atoms with Crippen molar-refractivity contribution in [2.24, 2.45) is 5.92 Å². The molecule has 0 unspecified atom stereocenters. The molecule has 0 radical (unpaired) electrons. The molecule has 1 aliphatic rings. The molecule has 1 aromatic heterocycles. The number of methoxy groups -OCH3 is 1. The van der Waals surface area contributed by atoms with E-state index >= 15 is 0 Å². The molecule has 1 aliphatic carbocycles. The van der Waals surface area contributed by atoms with Gasteiger partial charge in [0.15, 0.2) is 0 Å². The molecule has 0 saturated heterocycles. The van der Waals surface area contributed by atoms with Gasteiger partial charge in [-0.2, -0.15) is 0 Å². The van der Waals surface area contributed by atoms with Crippen LogP contribution in [-0.2, 0) is 10.0 Å². The van der Waals surface area contributed by atoms with E-state index < -0.39 is 15.3 Å². The predicted octanol–water partition coefficient (Wildman–Crippen LogP) is 3.45. The van der Waals surface area contributed by atoms with Crippen LogP contribution in [0.5, 0.6) is 5.75 Å². The van der Waals surface area contributed by atoms with Gasteiger partial charge in [-0.25, -0.2) is 13.1 Å². The molecule has 0 spiro atoms. The average molecular weight is 419 g/mol. The maximum Gasteiger partial charge on any atom is 0.213 e. The van der Waals surface area contributed by atoms with Crippen molar-refractivity contribution in [3.63, 3.8) is 0 Å². The molecule has 1 aromatic carbocycles. The van der Waals surface area contributed by atoms with Crippen LogP contribution < -0.4 is 14.8 Å². The summed E-state index contributed by atoms with van der Waals surface area (Å²) in [6.07, 6.45) is 3.96. The summed E-state index contributed by atoms with van der Waals surface area (Å²) >= 11 is 0. The third kappa shape index (κ3) is 5.67. The van der Waals surface area contributed by atoms with Gasteiger partial charge in [0, 0.05) is 18.2 Å². The number of nitrogens with zero attached hydrogens (tertiary/aromatic N) is 2. The van der Waals surface area contributed by atoms with E-state index in [9.17, 15) is 8.42 Å². The summed E-state index contributed by atoms with van der Waals surface area (Å²) in [6.45, 7) is 3.92. The summed E-state index contributed by atoms with van der Waals surface area (Å²) in [4.78, 5) is 0. The predicted molar refractivity (Wildman–Crippen MR) is 115 cm³/mol. The molecule has 29 heavy (non-hydrogen) atoms. The Morgan fingerprint density at radius 2 is 1.79 bits per heavy atom. The second-order valence-electron chi connectivity index (χ2n) is 7.81. The van der Waals surface area contributed by atoms with Crippen molar-refractivity contribution >= 4 is 15.8 Å². The first-order valence-electron chi connectivity index (χ1n) is 10.1. The lowest BCUT2D eigenvalue weighted by atomic mass is 9.86. The summed E-state index contributed by atoms with van der Waals surface area (Å²) in [7, 11) is -1.54. The Kier molecular flexibility index (Phi) is 7.08. The minimum Gasteiger partial charge on any atom is -0.496 e. The van der Waals surface area contributed by atoms with Gasteiger partial charge >= 0.3 is 0 Å². The number of para-hydroxylation sites is 1. The molecule has 2 aromatic rings. The first-order valence-corrected chi connectivity index (χ1v) is 11.7. The molecule has 7 nitrogen and oxygen atoms in total. The van der Waals surface area contributed by atoms with Crippen LogP contribution in [0.15, 0.2) is 36.4 Å². The standard InChI is InChI=1S/C21H30N4O3S/c1-15(2)29(26,27)22-14-16-8-10-17(11-9-16)23-21-13-12-19(24-25-21)18-6-4-5-7-20(18)28-3/h4-7,12-13,15-17,22H,8-11,14H2,1-3H3,(H,23,25)/t16-,17-. The van der Waals surface area contributed by atoms with Gasteiger partial charge in [0.1, 0.15) is 11.6 Å². The van der Waals surface area contributed by atoms with Crippen LogP contribution >= 0.6 is 0 Å². The third-order valence-electron chi connectivity index (χ3n) is 5.44. The lowest BCUT2D eigenvalue weighted by Gasteiger charge is -2.29. The number of hydrogen-bond acceptors (Lipinski definition) is 6. The number of nitrogens with one attached hydrogen (secondary N) is 2. The molecule has 1 saturated carbocycles. The van der Waals surface area contributed by atoms with E-state index in [1.54, 1.807) is 21.0 Å². The molecule has 8 heteroatoms. The van der Waals surface area contributed by atoms with Crippen molar-refractivity contribution in [2.45, 2.75) is 50.8 Å². The normalized spacial score (nSPS) is 19.9. The lowest BCUT2D eigenvalue weighted by Crippen LogP contribution is -2.37. The van der Waals surface area contributed by atoms with Crippen LogP contribution in [0.3, 0.4) is 0 Å². The van der Waals surface area contributed by atoms with Gasteiger partial charge in [0.2, 0.25) is 10.0 Å². The topological polar surface area (TPSA) is 93.2 Å². The molecule has 1 heterocycles. The summed E-state index contributed by atoms with van der Waals surface area (Å²) in [5, 5.41) is 11.7. The van der Waals surface area contributed by atoms with Crippen molar-refractivity contribution in [3.05, 3.63) is 36.4 Å². The Hall–Kier alpha value is -2.19. The van der Waals surface area contributed by atoms with Gasteiger partial charge in [0.25, 0.3) is 0 Å². The van der Waals surface area contributed by atoms with Gasteiger partial charge in [-0.15, -0.1) is 10.2 Å². The summed E-state index contributed by atoms with van der Waals surface area (Å²) in [6, 6.07) is 12.0. The minimum absolute atomic E-state index is 0.333. The number of benzene rings is 1. The Labute approximate surface area is 173 Å². The maximum atomic E-state index is 11.9. The first-order chi connectivity index (χ1) is 13.9. The van der Waals surface area contributed by atoms with Crippen molar-refractivity contribution < 1.29 is 13.2 Å². The highest BCUT2D eigenvalue weighted by molar-refractivity contribution is 7.90. The third-order valence-corrected chi connectivity index (χ3v) is 7.25. The second kappa shape index (κ2) is 9.54. The molecule has 0 aliphatic heterocycles. The molecule has 0 atom stereocenters. The van der Waals surface area contributed by atoms with Crippen molar-refractivity contribution in [2.75, 3.05) is 19.0 Å². The number of aromatic nitrogens is 2. The number of ether oxygens (including phenoxy) is 1. The summed E-state index contributed by atoms with van der Waals surface area (Å²) in [5.74, 6) is 1.92. The molecule has 0 bridgehead atoms. The molecular weight excluding hydrogens is 388 g/mol. The molecule has 1 fully saturated rings. The molecule has 0 amide bonds. The Morgan fingerprint density at radius 3 is 2.41 bits per heavy atom. The van der Waals surface area contributed by atoms with Crippen molar-refractivity contribution in [1.82, 2.24) is 14.9 Å². The Bertz CT molecular complexity index is 892. The lowest BCUT2D eigenvalue weighted by molar-refractivity contribution is 0.336. The zero-order valence-corrected chi connectivity index (χ0v) is 18.1. The van der Waals surface area contributed by atoms with Crippen LogP contribution in [-0.4, -0.2) is 43.6 Å². The van der Waals surface area contributed by atoms with E-state index in [-0.39, 0.29) is 0 Å². The molecular formula is C21H30N4O3S.